The van der Waals surface area contributed by atoms with Crippen molar-refractivity contribution >= 4 is 11.9 Å². The van der Waals surface area contributed by atoms with E-state index in [1.807, 2.05) is 24.3 Å². The molecule has 114 valence electrons. The van der Waals surface area contributed by atoms with Crippen molar-refractivity contribution in [3.63, 3.8) is 0 Å². The number of hydrogen-bond donors (Lipinski definition) is 1. The van der Waals surface area contributed by atoms with Gasteiger partial charge in [0.25, 0.3) is 0 Å². The molecule has 0 saturated heterocycles. The summed E-state index contributed by atoms with van der Waals surface area (Å²) >= 11 is 0. The highest BCUT2D eigenvalue weighted by Gasteiger charge is 2.46. The summed E-state index contributed by atoms with van der Waals surface area (Å²) in [6.07, 6.45) is 0.467. The number of carboxylic acids is 1. The average molecular weight is 292 g/mol. The summed E-state index contributed by atoms with van der Waals surface area (Å²) < 4.78 is 10.6. The Morgan fingerprint density at radius 2 is 2.14 bits per heavy atom. The second-order valence-electron chi connectivity index (χ2n) is 5.37. The van der Waals surface area contributed by atoms with E-state index in [9.17, 15) is 14.7 Å². The normalized spacial score (nSPS) is 20.2. The number of carbonyl (C=O) groups excluding carboxylic acids is 1. The summed E-state index contributed by atoms with van der Waals surface area (Å²) in [7, 11) is 0. The Bertz CT molecular complexity index is 539. The lowest BCUT2D eigenvalue weighted by atomic mass is 9.81. The van der Waals surface area contributed by atoms with Gasteiger partial charge >= 0.3 is 11.9 Å². The van der Waals surface area contributed by atoms with Gasteiger partial charge in [0, 0.05) is 6.42 Å². The van der Waals surface area contributed by atoms with E-state index < -0.39 is 23.5 Å². The number of rotatable bonds is 5. The van der Waals surface area contributed by atoms with Crippen LogP contribution in [0.5, 0.6) is 0 Å². The second-order valence-corrected chi connectivity index (χ2v) is 5.37. The monoisotopic (exact) mass is 292 g/mol. The highest BCUT2D eigenvalue weighted by Crippen LogP contribution is 2.37. The van der Waals surface area contributed by atoms with Crippen LogP contribution in [0.1, 0.15) is 37.5 Å². The van der Waals surface area contributed by atoms with Crippen molar-refractivity contribution < 1.29 is 24.2 Å². The van der Waals surface area contributed by atoms with Crippen molar-refractivity contribution in [3.05, 3.63) is 35.4 Å². The summed E-state index contributed by atoms with van der Waals surface area (Å²) in [5.74, 6) is -1.91. The number of aliphatic carboxylic acids is 1. The number of ether oxygens (including phenoxy) is 2. The maximum atomic E-state index is 12.0. The van der Waals surface area contributed by atoms with Gasteiger partial charge in [0.05, 0.1) is 19.3 Å². The predicted octanol–water partition coefficient (Wildman–Crippen LogP) is 2.34. The van der Waals surface area contributed by atoms with E-state index >= 15 is 0 Å². The van der Waals surface area contributed by atoms with Crippen molar-refractivity contribution in [2.24, 2.45) is 5.41 Å². The number of carbonyl (C=O) groups is 2. The fourth-order valence-electron chi connectivity index (χ4n) is 2.56. The minimum atomic E-state index is -1.61. The van der Waals surface area contributed by atoms with Gasteiger partial charge in [-0.05, 0) is 31.4 Å². The van der Waals surface area contributed by atoms with Gasteiger partial charge in [-0.25, -0.2) is 0 Å². The first-order chi connectivity index (χ1) is 9.99. The topological polar surface area (TPSA) is 72.8 Å². The minimum Gasteiger partial charge on any atom is -0.480 e. The summed E-state index contributed by atoms with van der Waals surface area (Å²) in [6, 6.07) is 7.77. The number of carboxylic acid groups (broad SMARTS) is 1. The minimum absolute atomic E-state index is 0.0676. The van der Waals surface area contributed by atoms with Gasteiger partial charge in [-0.15, -0.1) is 0 Å². The summed E-state index contributed by atoms with van der Waals surface area (Å²) in [4.78, 5) is 23.6. The zero-order valence-electron chi connectivity index (χ0n) is 12.3. The van der Waals surface area contributed by atoms with E-state index in [4.69, 9.17) is 9.47 Å². The summed E-state index contributed by atoms with van der Waals surface area (Å²) in [5.41, 5.74) is 0.497. The molecule has 0 aliphatic carbocycles. The first-order valence-corrected chi connectivity index (χ1v) is 7.09. The highest BCUT2D eigenvalue weighted by atomic mass is 16.5. The quantitative estimate of drug-likeness (QED) is 0.666. The first-order valence-electron chi connectivity index (χ1n) is 7.09. The van der Waals surface area contributed by atoms with Crippen molar-refractivity contribution in [1.82, 2.24) is 0 Å². The van der Waals surface area contributed by atoms with Gasteiger partial charge in [-0.3, -0.25) is 9.59 Å². The molecule has 1 aliphatic rings. The van der Waals surface area contributed by atoms with Crippen molar-refractivity contribution in [3.8, 4) is 0 Å². The van der Waals surface area contributed by atoms with Crippen LogP contribution in [0.3, 0.4) is 0 Å². The Labute approximate surface area is 123 Å². The van der Waals surface area contributed by atoms with Crippen molar-refractivity contribution in [2.75, 3.05) is 13.2 Å². The molecular formula is C16H20O5. The maximum absolute atomic E-state index is 12.0. The van der Waals surface area contributed by atoms with Crippen LogP contribution in [-0.2, 0) is 25.5 Å². The third-order valence-corrected chi connectivity index (χ3v) is 3.88. The van der Waals surface area contributed by atoms with Crippen LogP contribution >= 0.6 is 0 Å². The standard InChI is InChI=1S/C16H20O5/c1-3-20-15(19)16(2,14(17)18)10-13-12-7-5-4-6-11(12)8-9-21-13/h4-7,13H,3,8-10H2,1-2H3,(H,17,18). The molecule has 0 bridgehead atoms. The maximum Gasteiger partial charge on any atom is 0.323 e. The molecule has 0 spiro atoms. The molecule has 2 rings (SSSR count). The lowest BCUT2D eigenvalue weighted by Crippen LogP contribution is -2.40. The first kappa shape index (κ1) is 15.5. The molecule has 1 aliphatic heterocycles. The Morgan fingerprint density at radius 3 is 2.81 bits per heavy atom. The zero-order valence-corrected chi connectivity index (χ0v) is 12.3. The number of benzene rings is 1. The lowest BCUT2D eigenvalue weighted by molar-refractivity contribution is -0.170. The molecule has 5 heteroatoms. The van der Waals surface area contributed by atoms with E-state index in [0.29, 0.717) is 6.61 Å². The summed E-state index contributed by atoms with van der Waals surface area (Å²) in [5, 5.41) is 9.45. The predicted molar refractivity (Wildman–Crippen MR) is 75.8 cm³/mol. The average Bonchev–Trinajstić information content (AvgIpc) is 2.47. The van der Waals surface area contributed by atoms with E-state index in [2.05, 4.69) is 0 Å². The molecule has 1 N–H and O–H groups in total. The van der Waals surface area contributed by atoms with E-state index in [1.165, 1.54) is 6.92 Å². The number of fused-ring (bicyclic) bond motifs is 1. The highest BCUT2D eigenvalue weighted by molar-refractivity contribution is 5.98. The van der Waals surface area contributed by atoms with Gasteiger partial charge < -0.3 is 14.6 Å². The molecule has 0 aromatic heterocycles. The Morgan fingerprint density at radius 1 is 1.43 bits per heavy atom. The van der Waals surface area contributed by atoms with Crippen LogP contribution in [-0.4, -0.2) is 30.3 Å². The van der Waals surface area contributed by atoms with Crippen LogP contribution in [0, 0.1) is 5.41 Å². The largest absolute Gasteiger partial charge is 0.480 e. The zero-order chi connectivity index (χ0) is 15.5. The molecular weight excluding hydrogens is 272 g/mol. The number of hydrogen-bond acceptors (Lipinski definition) is 4. The number of esters is 1. The molecule has 0 fully saturated rings. The van der Waals surface area contributed by atoms with E-state index in [-0.39, 0.29) is 13.0 Å². The van der Waals surface area contributed by atoms with Crippen LogP contribution in [0.4, 0.5) is 0 Å². The molecule has 0 radical (unpaired) electrons. The molecule has 0 saturated carbocycles. The smallest absolute Gasteiger partial charge is 0.323 e. The van der Waals surface area contributed by atoms with Gasteiger partial charge in [-0.1, -0.05) is 24.3 Å². The SMILES string of the molecule is CCOC(=O)C(C)(CC1OCCc2ccccc21)C(=O)O. The second kappa shape index (κ2) is 6.26. The molecule has 21 heavy (non-hydrogen) atoms. The van der Waals surface area contributed by atoms with E-state index in [1.54, 1.807) is 6.92 Å². The fourth-order valence-corrected chi connectivity index (χ4v) is 2.56. The molecule has 1 aromatic carbocycles. The van der Waals surface area contributed by atoms with Gasteiger partial charge in [0.15, 0.2) is 5.41 Å². The van der Waals surface area contributed by atoms with Crippen LogP contribution in [0.2, 0.25) is 0 Å². The van der Waals surface area contributed by atoms with Crippen molar-refractivity contribution in [1.29, 1.82) is 0 Å². The lowest BCUT2D eigenvalue weighted by Gasteiger charge is -2.31. The third-order valence-electron chi connectivity index (χ3n) is 3.88. The van der Waals surface area contributed by atoms with Gasteiger partial charge in [0.2, 0.25) is 0 Å². The fraction of sp³-hybridized carbons (Fsp3) is 0.500. The van der Waals surface area contributed by atoms with Crippen LogP contribution < -0.4 is 0 Å². The van der Waals surface area contributed by atoms with Crippen LogP contribution in [0.15, 0.2) is 24.3 Å². The van der Waals surface area contributed by atoms with Gasteiger partial charge in [0.1, 0.15) is 0 Å². The molecule has 5 nitrogen and oxygen atoms in total. The molecule has 2 unspecified atom stereocenters. The third kappa shape index (κ3) is 3.08. The summed E-state index contributed by atoms with van der Waals surface area (Å²) in [6.45, 7) is 3.74. The van der Waals surface area contributed by atoms with Crippen LogP contribution in [0.25, 0.3) is 0 Å². The molecule has 0 amide bonds. The van der Waals surface area contributed by atoms with Crippen molar-refractivity contribution in [2.45, 2.75) is 32.8 Å². The Kier molecular flexibility index (Phi) is 4.63. The molecule has 2 atom stereocenters. The Balaban J connectivity index is 2.26. The Hall–Kier alpha value is -1.88. The molecule has 1 heterocycles. The van der Waals surface area contributed by atoms with Gasteiger partial charge in [-0.2, -0.15) is 0 Å². The molecule has 1 aromatic rings. The van der Waals surface area contributed by atoms with E-state index in [0.717, 1.165) is 17.5 Å².